The summed E-state index contributed by atoms with van der Waals surface area (Å²) < 4.78 is 0. The van der Waals surface area contributed by atoms with Crippen LogP contribution >= 0.6 is 0 Å². The molecule has 0 aliphatic heterocycles. The molecule has 0 heterocycles. The summed E-state index contributed by atoms with van der Waals surface area (Å²) in [4.78, 5) is 0. The van der Waals surface area contributed by atoms with E-state index in [1.807, 2.05) is 14.1 Å². The molecule has 0 bridgehead atoms. The van der Waals surface area contributed by atoms with Crippen LogP contribution < -0.4 is 10.6 Å². The van der Waals surface area contributed by atoms with E-state index in [4.69, 9.17) is 0 Å². The summed E-state index contributed by atoms with van der Waals surface area (Å²) in [5, 5.41) is 9.41. The molecule has 0 spiro atoms. The van der Waals surface area contributed by atoms with Gasteiger partial charge >= 0.3 is 22.2 Å². The first kappa shape index (κ1) is 13.0. The van der Waals surface area contributed by atoms with Crippen LogP contribution in [0, 0.1) is 5.92 Å². The summed E-state index contributed by atoms with van der Waals surface area (Å²) >= 11 is 2.06. The molecule has 0 aliphatic carbocycles. The van der Waals surface area contributed by atoms with Crippen molar-refractivity contribution in [3.05, 3.63) is 0 Å². The standard InChI is InChI=1S/C6H16N2.CH2.V/c1-6(4-7-2)5-8-3;;/h6-8H,4-5H2,1-3H3;1H2;. The van der Waals surface area contributed by atoms with Crippen LogP contribution in [0.25, 0.3) is 0 Å². The summed E-state index contributed by atoms with van der Waals surface area (Å²) in [5.74, 6) is 0.741. The maximum absolute atomic E-state index is 3.19. The third kappa shape index (κ3) is 11.2. The number of rotatable bonds is 4. The van der Waals surface area contributed by atoms with Crippen molar-refractivity contribution in [3.63, 3.8) is 0 Å². The van der Waals surface area contributed by atoms with Gasteiger partial charge in [0.1, 0.15) is 0 Å². The topological polar surface area (TPSA) is 24.1 Å². The molecule has 2 nitrogen and oxygen atoms in total. The van der Waals surface area contributed by atoms with Crippen molar-refractivity contribution in [1.82, 2.24) is 10.6 Å². The van der Waals surface area contributed by atoms with Gasteiger partial charge in [-0.15, -0.1) is 0 Å². The zero-order chi connectivity index (χ0) is 8.41. The van der Waals surface area contributed by atoms with Gasteiger partial charge in [-0.2, -0.15) is 0 Å². The van der Waals surface area contributed by atoms with Crippen molar-refractivity contribution in [1.29, 1.82) is 0 Å². The molecule has 0 saturated heterocycles. The van der Waals surface area contributed by atoms with Crippen molar-refractivity contribution in [2.45, 2.75) is 6.92 Å². The van der Waals surface area contributed by atoms with E-state index in [0.29, 0.717) is 0 Å². The van der Waals surface area contributed by atoms with Gasteiger partial charge in [0.2, 0.25) is 0 Å². The molecule has 0 fully saturated rings. The SMILES string of the molecule is CNCC(C)CNC.[CH2]=[V]. The number of hydrogen-bond acceptors (Lipinski definition) is 2. The quantitative estimate of drug-likeness (QED) is 0.639. The van der Waals surface area contributed by atoms with Crippen LogP contribution in [0.3, 0.4) is 0 Å². The second kappa shape index (κ2) is 12.1. The molecule has 0 rings (SSSR count). The van der Waals surface area contributed by atoms with Gasteiger partial charge < -0.3 is 10.6 Å². The number of nitrogens with one attached hydrogen (secondary N) is 2. The van der Waals surface area contributed by atoms with Crippen LogP contribution in [0.2, 0.25) is 0 Å². The van der Waals surface area contributed by atoms with Crippen LogP contribution in [-0.4, -0.2) is 32.4 Å². The van der Waals surface area contributed by atoms with Crippen LogP contribution in [-0.2, 0) is 17.0 Å². The normalized spacial score (nSPS) is 8.70. The molecule has 0 amide bonds. The van der Waals surface area contributed by atoms with Gasteiger partial charge in [0.05, 0.1) is 0 Å². The Labute approximate surface area is 73.3 Å². The van der Waals surface area contributed by atoms with Crippen molar-refractivity contribution in [2.75, 3.05) is 27.2 Å². The molecule has 0 aromatic rings. The summed E-state index contributed by atoms with van der Waals surface area (Å²) in [5.41, 5.74) is 0. The van der Waals surface area contributed by atoms with Crippen LogP contribution in [0.1, 0.15) is 6.92 Å². The molecule has 0 radical (unpaired) electrons. The van der Waals surface area contributed by atoms with Gasteiger partial charge in [-0.25, -0.2) is 0 Å². The molecule has 0 atom stereocenters. The van der Waals surface area contributed by atoms with Crippen molar-refractivity contribution in [3.8, 4) is 0 Å². The van der Waals surface area contributed by atoms with Crippen LogP contribution in [0.5, 0.6) is 0 Å². The van der Waals surface area contributed by atoms with E-state index in [2.05, 4.69) is 39.8 Å². The fraction of sp³-hybridized carbons (Fsp3) is 0.857. The van der Waals surface area contributed by atoms with E-state index in [1.165, 1.54) is 0 Å². The molecule has 10 heavy (non-hydrogen) atoms. The zero-order valence-corrected chi connectivity index (χ0v) is 8.54. The maximum atomic E-state index is 3.19. The fourth-order valence-corrected chi connectivity index (χ4v) is 0.769. The van der Waals surface area contributed by atoms with E-state index in [1.54, 1.807) is 0 Å². The van der Waals surface area contributed by atoms with E-state index in [0.717, 1.165) is 19.0 Å². The van der Waals surface area contributed by atoms with E-state index >= 15 is 0 Å². The molecule has 0 aromatic carbocycles. The van der Waals surface area contributed by atoms with E-state index in [9.17, 15) is 0 Å². The van der Waals surface area contributed by atoms with Gasteiger partial charge in [0.25, 0.3) is 0 Å². The first-order valence-electron chi connectivity index (χ1n) is 3.42. The third-order valence-electron chi connectivity index (χ3n) is 1.11. The van der Waals surface area contributed by atoms with Gasteiger partial charge in [-0.05, 0) is 33.1 Å². The molecule has 0 unspecified atom stereocenters. The molecular weight excluding hydrogens is 163 g/mol. The Morgan fingerprint density at radius 3 is 1.70 bits per heavy atom. The summed E-state index contributed by atoms with van der Waals surface area (Å²) in [6.45, 7) is 4.41. The van der Waals surface area contributed by atoms with Crippen LogP contribution in [0.15, 0.2) is 0 Å². The second-order valence-electron chi connectivity index (χ2n) is 2.22. The molecule has 0 aliphatic rings. The van der Waals surface area contributed by atoms with Crippen LogP contribution in [0.4, 0.5) is 0 Å². The predicted octanol–water partition coefficient (Wildman–Crippen LogP) is 0.0265. The Morgan fingerprint density at radius 2 is 1.50 bits per heavy atom. The van der Waals surface area contributed by atoms with E-state index < -0.39 is 0 Å². The molecule has 3 heteroatoms. The molecule has 0 saturated carbocycles. The first-order chi connectivity index (χ1) is 4.81. The number of hydrogen-bond donors (Lipinski definition) is 2. The van der Waals surface area contributed by atoms with Gasteiger partial charge in [0, 0.05) is 0 Å². The van der Waals surface area contributed by atoms with Gasteiger partial charge in [0.15, 0.2) is 0 Å². The summed E-state index contributed by atoms with van der Waals surface area (Å²) in [7, 11) is 3.96. The average Bonchev–Trinajstić information content (AvgIpc) is 1.93. The minimum atomic E-state index is 0.741. The second-order valence-corrected chi connectivity index (χ2v) is 2.22. The van der Waals surface area contributed by atoms with Crippen molar-refractivity contribution >= 4 is 5.23 Å². The Kier molecular flexibility index (Phi) is 15.7. The molecular formula is C7H18N2V. The average molecular weight is 181 g/mol. The first-order valence-corrected chi connectivity index (χ1v) is 4.40. The van der Waals surface area contributed by atoms with Gasteiger partial charge in [-0.1, -0.05) is 6.92 Å². The minimum absolute atomic E-state index is 0.741. The summed E-state index contributed by atoms with van der Waals surface area (Å²) in [6, 6.07) is 0. The molecule has 61 valence electrons. The Hall–Kier alpha value is 0.374. The monoisotopic (exact) mass is 181 g/mol. The van der Waals surface area contributed by atoms with Gasteiger partial charge in [-0.3, -0.25) is 0 Å². The fourth-order valence-electron chi connectivity index (χ4n) is 0.769. The summed E-state index contributed by atoms with van der Waals surface area (Å²) in [6.07, 6.45) is 0. The molecule has 2 N–H and O–H groups in total. The predicted molar refractivity (Wildman–Crippen MR) is 44.1 cm³/mol. The Morgan fingerprint density at radius 1 is 1.20 bits per heavy atom. The Balaban J connectivity index is 0. The van der Waals surface area contributed by atoms with Crippen molar-refractivity contribution < 1.29 is 17.0 Å². The third-order valence-corrected chi connectivity index (χ3v) is 1.11. The molecule has 0 aromatic heterocycles. The van der Waals surface area contributed by atoms with E-state index in [-0.39, 0.29) is 0 Å². The Bertz CT molecular complexity index is 53.6. The van der Waals surface area contributed by atoms with Crippen molar-refractivity contribution in [2.24, 2.45) is 5.92 Å². The zero-order valence-electron chi connectivity index (χ0n) is 7.15.